The van der Waals surface area contributed by atoms with E-state index in [1.165, 1.54) is 4.90 Å². The van der Waals surface area contributed by atoms with Crippen molar-refractivity contribution in [1.29, 1.82) is 0 Å². The summed E-state index contributed by atoms with van der Waals surface area (Å²) in [4.78, 5) is 24.8. The third-order valence-electron chi connectivity index (χ3n) is 2.83. The fourth-order valence-electron chi connectivity index (χ4n) is 1.58. The van der Waals surface area contributed by atoms with Gasteiger partial charge in [-0.05, 0) is 31.2 Å². The van der Waals surface area contributed by atoms with E-state index in [-0.39, 0.29) is 24.1 Å². The van der Waals surface area contributed by atoms with Crippen LogP contribution in [-0.4, -0.2) is 42.6 Å². The van der Waals surface area contributed by atoms with Crippen molar-refractivity contribution in [2.24, 2.45) is 0 Å². The Bertz CT molecular complexity index is 662. The highest BCUT2D eigenvalue weighted by Gasteiger charge is 2.11. The molecule has 0 radical (unpaired) electrons. The van der Waals surface area contributed by atoms with Gasteiger partial charge in [-0.25, -0.2) is 0 Å². The van der Waals surface area contributed by atoms with Crippen LogP contribution in [0, 0.1) is 6.92 Å². The molecule has 0 aliphatic rings. The van der Waals surface area contributed by atoms with Crippen LogP contribution >= 0.6 is 0 Å². The van der Waals surface area contributed by atoms with E-state index < -0.39 is 0 Å². The predicted octanol–water partition coefficient (Wildman–Crippen LogP) is 1.70. The number of amides is 2. The molecule has 2 amide bonds. The molecule has 0 aliphatic carbocycles. The van der Waals surface area contributed by atoms with E-state index in [4.69, 9.17) is 9.26 Å². The molecular weight excluding hydrogens is 286 g/mol. The molecule has 0 atom stereocenters. The number of likely N-dealkylation sites (N-methyl/N-ethyl adjacent to an activating group) is 1. The van der Waals surface area contributed by atoms with Crippen molar-refractivity contribution in [2.75, 3.05) is 26.0 Å². The number of ether oxygens (including phenoxy) is 1. The minimum Gasteiger partial charge on any atom is -0.484 e. The molecule has 1 N–H and O–H groups in total. The Morgan fingerprint density at radius 1 is 1.27 bits per heavy atom. The molecule has 0 saturated heterocycles. The molecule has 7 nitrogen and oxygen atoms in total. The van der Waals surface area contributed by atoms with Crippen LogP contribution in [-0.2, 0) is 4.79 Å². The van der Waals surface area contributed by atoms with E-state index >= 15 is 0 Å². The number of nitrogens with zero attached hydrogens (tertiary/aromatic N) is 2. The molecule has 22 heavy (non-hydrogen) atoms. The summed E-state index contributed by atoms with van der Waals surface area (Å²) < 4.78 is 10.2. The molecule has 7 heteroatoms. The van der Waals surface area contributed by atoms with Gasteiger partial charge in [-0.1, -0.05) is 5.16 Å². The van der Waals surface area contributed by atoms with Crippen LogP contribution in [0.2, 0.25) is 0 Å². The molecular formula is C15H17N3O4. The van der Waals surface area contributed by atoms with Gasteiger partial charge in [0.1, 0.15) is 11.5 Å². The third kappa shape index (κ3) is 4.08. The van der Waals surface area contributed by atoms with Crippen molar-refractivity contribution in [3.8, 4) is 5.75 Å². The Morgan fingerprint density at radius 3 is 2.50 bits per heavy atom. The molecule has 116 valence electrons. The summed E-state index contributed by atoms with van der Waals surface area (Å²) in [5, 5.41) is 6.33. The number of hydrogen-bond acceptors (Lipinski definition) is 5. The highest BCUT2D eigenvalue weighted by atomic mass is 16.5. The first-order valence-electron chi connectivity index (χ1n) is 6.63. The summed E-state index contributed by atoms with van der Waals surface area (Å²) >= 11 is 0. The lowest BCUT2D eigenvalue weighted by Crippen LogP contribution is -2.27. The number of aryl methyl sites for hydroxylation is 1. The van der Waals surface area contributed by atoms with Crippen molar-refractivity contribution in [3.05, 3.63) is 41.8 Å². The van der Waals surface area contributed by atoms with E-state index in [0.29, 0.717) is 17.2 Å². The Morgan fingerprint density at radius 2 is 1.95 bits per heavy atom. The maximum atomic E-state index is 11.9. The van der Waals surface area contributed by atoms with Crippen LogP contribution in [0.15, 0.2) is 34.9 Å². The van der Waals surface area contributed by atoms with Gasteiger partial charge in [0.2, 0.25) is 0 Å². The monoisotopic (exact) mass is 303 g/mol. The van der Waals surface area contributed by atoms with Gasteiger partial charge in [-0.15, -0.1) is 0 Å². The van der Waals surface area contributed by atoms with Crippen LogP contribution in [0.4, 0.5) is 5.69 Å². The van der Waals surface area contributed by atoms with Crippen LogP contribution in [0.3, 0.4) is 0 Å². The van der Waals surface area contributed by atoms with E-state index in [0.717, 1.165) is 0 Å². The first-order chi connectivity index (χ1) is 10.5. The third-order valence-corrected chi connectivity index (χ3v) is 2.83. The topological polar surface area (TPSA) is 84.7 Å². The maximum absolute atomic E-state index is 11.9. The van der Waals surface area contributed by atoms with E-state index in [1.54, 1.807) is 51.4 Å². The molecule has 2 aromatic rings. The van der Waals surface area contributed by atoms with E-state index in [1.807, 2.05) is 0 Å². The molecule has 2 rings (SSSR count). The standard InChI is InChI=1S/C15H17N3O4/c1-10-8-13(17-22-10)15(20)16-11-4-6-12(7-5-11)21-9-14(19)18(2)3/h4-8H,9H2,1-3H3,(H,16,20). The minimum absolute atomic E-state index is 0.0308. The van der Waals surface area contributed by atoms with Crippen LogP contribution < -0.4 is 10.1 Å². The van der Waals surface area contributed by atoms with Crippen LogP contribution in [0.1, 0.15) is 16.2 Å². The van der Waals surface area contributed by atoms with Gasteiger partial charge < -0.3 is 19.5 Å². The quantitative estimate of drug-likeness (QED) is 0.908. The highest BCUT2D eigenvalue weighted by molar-refractivity contribution is 6.02. The number of benzene rings is 1. The maximum Gasteiger partial charge on any atom is 0.277 e. The molecule has 1 aromatic heterocycles. The number of hydrogen-bond donors (Lipinski definition) is 1. The predicted molar refractivity (Wildman–Crippen MR) is 79.8 cm³/mol. The van der Waals surface area contributed by atoms with Gasteiger partial charge in [0.05, 0.1) is 0 Å². The smallest absolute Gasteiger partial charge is 0.277 e. The molecule has 1 heterocycles. The Labute approximate surface area is 127 Å². The number of nitrogens with one attached hydrogen (secondary N) is 1. The zero-order valence-electron chi connectivity index (χ0n) is 12.6. The summed E-state index contributed by atoms with van der Waals surface area (Å²) in [6, 6.07) is 8.26. The van der Waals surface area contributed by atoms with E-state index in [9.17, 15) is 9.59 Å². The van der Waals surface area contributed by atoms with Crippen LogP contribution in [0.25, 0.3) is 0 Å². The molecule has 0 fully saturated rings. The second-order valence-corrected chi connectivity index (χ2v) is 4.88. The first kappa shape index (κ1) is 15.6. The largest absolute Gasteiger partial charge is 0.484 e. The molecule has 0 unspecified atom stereocenters. The average molecular weight is 303 g/mol. The lowest BCUT2D eigenvalue weighted by atomic mass is 10.3. The molecule has 0 spiro atoms. The zero-order chi connectivity index (χ0) is 16.1. The molecule has 1 aromatic carbocycles. The van der Waals surface area contributed by atoms with Gasteiger partial charge >= 0.3 is 0 Å². The van der Waals surface area contributed by atoms with Crippen molar-refractivity contribution in [3.63, 3.8) is 0 Å². The number of carbonyl (C=O) groups excluding carboxylic acids is 2. The van der Waals surface area contributed by atoms with Gasteiger partial charge in [0.15, 0.2) is 12.3 Å². The summed E-state index contributed by atoms with van der Waals surface area (Å²) in [7, 11) is 3.33. The zero-order valence-corrected chi connectivity index (χ0v) is 12.6. The van der Waals surface area contributed by atoms with Crippen molar-refractivity contribution in [2.45, 2.75) is 6.92 Å². The van der Waals surface area contributed by atoms with Gasteiger partial charge in [-0.3, -0.25) is 9.59 Å². The number of aromatic nitrogens is 1. The van der Waals surface area contributed by atoms with Crippen LogP contribution in [0.5, 0.6) is 5.75 Å². The highest BCUT2D eigenvalue weighted by Crippen LogP contribution is 2.16. The Kier molecular flexibility index (Phi) is 4.77. The van der Waals surface area contributed by atoms with Gasteiger partial charge in [0.25, 0.3) is 11.8 Å². The molecule has 0 aliphatic heterocycles. The fourth-order valence-corrected chi connectivity index (χ4v) is 1.58. The minimum atomic E-state index is -0.353. The summed E-state index contributed by atoms with van der Waals surface area (Å²) in [6.45, 7) is 1.68. The lowest BCUT2D eigenvalue weighted by molar-refractivity contribution is -0.130. The number of carbonyl (C=O) groups is 2. The van der Waals surface area contributed by atoms with E-state index in [2.05, 4.69) is 10.5 Å². The summed E-state index contributed by atoms with van der Waals surface area (Å²) in [6.07, 6.45) is 0. The number of anilines is 1. The van der Waals surface area contributed by atoms with Crippen molar-refractivity contribution in [1.82, 2.24) is 10.1 Å². The SMILES string of the molecule is Cc1cc(C(=O)Nc2ccc(OCC(=O)N(C)C)cc2)no1. The summed E-state index contributed by atoms with van der Waals surface area (Å²) in [5.41, 5.74) is 0.811. The first-order valence-corrected chi connectivity index (χ1v) is 6.63. The van der Waals surface area contributed by atoms with Crippen molar-refractivity contribution < 1.29 is 18.8 Å². The Hall–Kier alpha value is -2.83. The second kappa shape index (κ2) is 6.75. The lowest BCUT2D eigenvalue weighted by Gasteiger charge is -2.11. The normalized spacial score (nSPS) is 10.1. The van der Waals surface area contributed by atoms with Gasteiger partial charge in [-0.2, -0.15) is 0 Å². The second-order valence-electron chi connectivity index (χ2n) is 4.88. The molecule has 0 saturated carbocycles. The van der Waals surface area contributed by atoms with Gasteiger partial charge in [0, 0.05) is 25.8 Å². The number of rotatable bonds is 5. The summed E-state index contributed by atoms with van der Waals surface area (Å²) in [5.74, 6) is 0.636. The van der Waals surface area contributed by atoms with Crippen molar-refractivity contribution >= 4 is 17.5 Å². The molecule has 0 bridgehead atoms. The fraction of sp³-hybridized carbons (Fsp3) is 0.267. The Balaban J connectivity index is 1.91. The average Bonchev–Trinajstić information content (AvgIpc) is 2.92.